The molecule has 6 nitrogen and oxygen atoms in total. The van der Waals surface area contributed by atoms with Crippen LogP contribution in [0.2, 0.25) is 0 Å². The number of thioether (sulfide) groups is 1. The second-order valence-corrected chi connectivity index (χ2v) is 9.17. The lowest BCUT2D eigenvalue weighted by Gasteiger charge is -2.27. The Morgan fingerprint density at radius 1 is 1.06 bits per heavy atom. The first-order chi connectivity index (χ1) is 15.5. The van der Waals surface area contributed by atoms with Crippen LogP contribution in [0, 0.1) is 13.8 Å². The van der Waals surface area contributed by atoms with E-state index in [-0.39, 0.29) is 29.4 Å². The van der Waals surface area contributed by atoms with Crippen LogP contribution in [0.4, 0.5) is 11.5 Å². The maximum Gasteiger partial charge on any atom is 0.235 e. The molecule has 4 rings (SSSR count). The molecule has 0 saturated carbocycles. The highest BCUT2D eigenvalue weighted by Crippen LogP contribution is 2.35. The number of hydrogen-bond acceptors (Lipinski definition) is 4. The fraction of sp³-hybridized carbons (Fsp3) is 0.320. The molecule has 2 amide bonds. The molecule has 32 heavy (non-hydrogen) atoms. The van der Waals surface area contributed by atoms with Gasteiger partial charge < -0.3 is 10.6 Å². The van der Waals surface area contributed by atoms with Crippen LogP contribution in [0.25, 0.3) is 0 Å². The molecule has 166 valence electrons. The third-order valence-corrected chi connectivity index (χ3v) is 6.57. The summed E-state index contributed by atoms with van der Waals surface area (Å²) >= 11 is 1.30. The van der Waals surface area contributed by atoms with Crippen molar-refractivity contribution in [3.05, 3.63) is 77.0 Å². The third kappa shape index (κ3) is 5.22. The Hall–Kier alpha value is -3.06. The van der Waals surface area contributed by atoms with E-state index >= 15 is 0 Å². The van der Waals surface area contributed by atoms with Crippen molar-refractivity contribution < 1.29 is 9.59 Å². The van der Waals surface area contributed by atoms with E-state index in [4.69, 9.17) is 0 Å². The summed E-state index contributed by atoms with van der Waals surface area (Å²) < 4.78 is 1.94. The minimum atomic E-state index is -0.132. The number of nitrogens with zero attached hydrogens (tertiary/aromatic N) is 2. The van der Waals surface area contributed by atoms with Gasteiger partial charge in [0.25, 0.3) is 0 Å². The average Bonchev–Trinajstić information content (AvgIpc) is 3.13. The van der Waals surface area contributed by atoms with Crippen LogP contribution < -0.4 is 10.6 Å². The van der Waals surface area contributed by atoms with E-state index in [0.29, 0.717) is 0 Å². The summed E-state index contributed by atoms with van der Waals surface area (Å²) in [7, 11) is 0. The molecule has 1 heterocycles. The number of anilines is 2. The van der Waals surface area contributed by atoms with Crippen molar-refractivity contribution in [2.24, 2.45) is 0 Å². The zero-order chi connectivity index (χ0) is 22.5. The molecule has 0 radical (unpaired) electrons. The summed E-state index contributed by atoms with van der Waals surface area (Å²) in [4.78, 5) is 24.8. The van der Waals surface area contributed by atoms with Gasteiger partial charge in [0.05, 0.1) is 23.7 Å². The Labute approximate surface area is 192 Å². The smallest absolute Gasteiger partial charge is 0.235 e. The molecular formula is C25H28N4O2S. The fourth-order valence-electron chi connectivity index (χ4n) is 4.15. The van der Waals surface area contributed by atoms with Crippen molar-refractivity contribution in [3.8, 4) is 0 Å². The Balaban J connectivity index is 1.35. The molecule has 1 aliphatic carbocycles. The van der Waals surface area contributed by atoms with Gasteiger partial charge in [-0.15, -0.1) is 11.8 Å². The van der Waals surface area contributed by atoms with Crippen LogP contribution in [0.1, 0.15) is 41.1 Å². The normalized spacial score (nSPS) is 15.1. The van der Waals surface area contributed by atoms with E-state index in [1.807, 2.05) is 42.8 Å². The molecule has 1 aliphatic rings. The highest BCUT2D eigenvalue weighted by Gasteiger charge is 2.25. The maximum absolute atomic E-state index is 12.6. The molecule has 0 fully saturated rings. The summed E-state index contributed by atoms with van der Waals surface area (Å²) in [5.41, 5.74) is 5.42. The zero-order valence-corrected chi connectivity index (χ0v) is 19.2. The van der Waals surface area contributed by atoms with Crippen LogP contribution in [-0.4, -0.2) is 33.1 Å². The van der Waals surface area contributed by atoms with E-state index in [9.17, 15) is 9.59 Å². The number of rotatable bonds is 7. The van der Waals surface area contributed by atoms with Crippen molar-refractivity contribution >= 4 is 35.1 Å². The predicted molar refractivity (Wildman–Crippen MR) is 130 cm³/mol. The fourth-order valence-corrected chi connectivity index (χ4v) is 4.76. The molecule has 0 saturated heterocycles. The summed E-state index contributed by atoms with van der Waals surface area (Å²) in [5.74, 6) is 0.908. The van der Waals surface area contributed by atoms with Crippen molar-refractivity contribution in [1.82, 2.24) is 9.78 Å². The second-order valence-electron chi connectivity index (χ2n) is 8.19. The topological polar surface area (TPSA) is 76.0 Å². The number of aryl methyl sites for hydroxylation is 3. The summed E-state index contributed by atoms with van der Waals surface area (Å²) in [6, 6.07) is 16.2. The van der Waals surface area contributed by atoms with Crippen LogP contribution in [0.15, 0.2) is 54.7 Å². The molecule has 3 aromatic rings. The first-order valence-corrected chi connectivity index (χ1v) is 12.0. The predicted octanol–water partition coefficient (Wildman–Crippen LogP) is 4.74. The summed E-state index contributed by atoms with van der Waals surface area (Å²) in [5, 5.41) is 10.5. The number of benzene rings is 2. The Kier molecular flexibility index (Phi) is 6.95. The highest BCUT2D eigenvalue weighted by molar-refractivity contribution is 8.00. The van der Waals surface area contributed by atoms with Gasteiger partial charge in [-0.25, -0.2) is 4.68 Å². The minimum Gasteiger partial charge on any atom is -0.325 e. The largest absolute Gasteiger partial charge is 0.325 e. The SMILES string of the molecule is Cc1cccc(NC(=O)CSCC(=O)Nc2c(C)cnn2C2CCCc3ccccc32)c1. The van der Waals surface area contributed by atoms with Crippen LogP contribution >= 0.6 is 11.8 Å². The number of aromatic nitrogens is 2. The van der Waals surface area contributed by atoms with Crippen molar-refractivity contribution in [2.45, 2.75) is 39.2 Å². The van der Waals surface area contributed by atoms with E-state index in [2.05, 4.69) is 40.0 Å². The minimum absolute atomic E-state index is 0.117. The molecule has 1 aromatic heterocycles. The standard InChI is InChI=1S/C25H28N4O2S/c1-17-7-5-10-20(13-17)27-23(30)15-32-16-24(31)28-25-18(2)14-26-29(25)22-12-6-9-19-8-3-4-11-21(19)22/h3-5,7-8,10-11,13-14,22H,6,9,12,15-16H2,1-2H3,(H,27,30)(H,28,31). The van der Waals surface area contributed by atoms with Gasteiger partial charge in [-0.1, -0.05) is 36.4 Å². The van der Waals surface area contributed by atoms with Gasteiger partial charge in [0.15, 0.2) is 0 Å². The number of hydrogen-bond donors (Lipinski definition) is 2. The number of fused-ring (bicyclic) bond motifs is 1. The third-order valence-electron chi connectivity index (χ3n) is 5.64. The Morgan fingerprint density at radius 3 is 2.66 bits per heavy atom. The quantitative estimate of drug-likeness (QED) is 0.548. The monoisotopic (exact) mass is 448 g/mol. The molecular weight excluding hydrogens is 420 g/mol. The average molecular weight is 449 g/mol. The maximum atomic E-state index is 12.6. The Bertz CT molecular complexity index is 1120. The van der Waals surface area contributed by atoms with Gasteiger partial charge in [-0.05, 0) is 61.9 Å². The van der Waals surface area contributed by atoms with Crippen molar-refractivity contribution in [3.63, 3.8) is 0 Å². The number of carbonyl (C=O) groups excluding carboxylic acids is 2. The van der Waals surface area contributed by atoms with E-state index in [1.165, 1.54) is 22.9 Å². The van der Waals surface area contributed by atoms with E-state index in [1.54, 1.807) is 6.20 Å². The van der Waals surface area contributed by atoms with E-state index in [0.717, 1.165) is 41.9 Å². The highest BCUT2D eigenvalue weighted by atomic mass is 32.2. The van der Waals surface area contributed by atoms with Gasteiger partial charge >= 0.3 is 0 Å². The molecule has 2 N–H and O–H groups in total. The molecule has 7 heteroatoms. The zero-order valence-electron chi connectivity index (χ0n) is 18.4. The number of nitrogens with one attached hydrogen (secondary N) is 2. The van der Waals surface area contributed by atoms with Gasteiger partial charge in [0.2, 0.25) is 11.8 Å². The number of amides is 2. The lowest BCUT2D eigenvalue weighted by atomic mass is 9.88. The molecule has 0 aliphatic heterocycles. The van der Waals surface area contributed by atoms with Crippen molar-refractivity contribution in [2.75, 3.05) is 22.1 Å². The van der Waals surface area contributed by atoms with Crippen LogP contribution in [0.3, 0.4) is 0 Å². The first-order valence-electron chi connectivity index (χ1n) is 10.9. The lowest BCUT2D eigenvalue weighted by Crippen LogP contribution is -2.24. The number of carbonyl (C=O) groups is 2. The summed E-state index contributed by atoms with van der Waals surface area (Å²) in [6.07, 6.45) is 4.97. The second kappa shape index (κ2) is 10.0. The van der Waals surface area contributed by atoms with Gasteiger partial charge in [0.1, 0.15) is 5.82 Å². The van der Waals surface area contributed by atoms with Gasteiger partial charge in [-0.2, -0.15) is 5.10 Å². The molecule has 1 unspecified atom stereocenters. The molecule has 1 atom stereocenters. The van der Waals surface area contributed by atoms with Gasteiger partial charge in [0, 0.05) is 11.3 Å². The van der Waals surface area contributed by atoms with Crippen molar-refractivity contribution in [1.29, 1.82) is 0 Å². The van der Waals surface area contributed by atoms with E-state index < -0.39 is 0 Å². The first kappa shape index (κ1) is 22.1. The van der Waals surface area contributed by atoms with Crippen LogP contribution in [0.5, 0.6) is 0 Å². The van der Waals surface area contributed by atoms with Gasteiger partial charge in [-0.3, -0.25) is 9.59 Å². The molecule has 0 bridgehead atoms. The molecule has 0 spiro atoms. The summed E-state index contributed by atoms with van der Waals surface area (Å²) in [6.45, 7) is 3.93. The van der Waals surface area contributed by atoms with Crippen LogP contribution in [-0.2, 0) is 16.0 Å². The Morgan fingerprint density at radius 2 is 1.84 bits per heavy atom. The lowest BCUT2D eigenvalue weighted by molar-refractivity contribution is -0.114. The molecule has 2 aromatic carbocycles.